The normalized spacial score (nSPS) is 18.1. The van der Waals surface area contributed by atoms with Crippen LogP contribution in [0.5, 0.6) is 0 Å². The molecule has 4 nitrogen and oxygen atoms in total. The molecule has 1 heterocycles. The number of aryl methyl sites for hydroxylation is 1. The summed E-state index contributed by atoms with van der Waals surface area (Å²) in [4.78, 5) is 37.5. The molecule has 0 bridgehead atoms. The predicted molar refractivity (Wildman–Crippen MR) is 94.7 cm³/mol. The molecule has 1 unspecified atom stereocenters. The van der Waals surface area contributed by atoms with E-state index in [1.165, 1.54) is 4.90 Å². The molecular weight excluding hydrogens is 302 g/mol. The van der Waals surface area contributed by atoms with Gasteiger partial charge in [0.05, 0.1) is 11.6 Å². The molecule has 0 spiro atoms. The van der Waals surface area contributed by atoms with Crippen molar-refractivity contribution in [2.45, 2.75) is 53.4 Å². The number of carbonyl (C=O) groups excluding carboxylic acids is 3. The highest BCUT2D eigenvalue weighted by Crippen LogP contribution is 2.30. The van der Waals surface area contributed by atoms with Crippen LogP contribution in [-0.2, 0) is 20.8 Å². The van der Waals surface area contributed by atoms with Gasteiger partial charge in [-0.1, -0.05) is 39.8 Å². The van der Waals surface area contributed by atoms with Gasteiger partial charge in [0.25, 0.3) is 0 Å². The number of Topliss-reactive ketones (excluding diaryl/α,β-unsaturated/α-hetero) is 1. The zero-order valence-corrected chi connectivity index (χ0v) is 15.0. The summed E-state index contributed by atoms with van der Waals surface area (Å²) in [5.74, 6) is 0.135. The fourth-order valence-electron chi connectivity index (χ4n) is 3.01. The second-order valence-electron chi connectivity index (χ2n) is 7.26. The van der Waals surface area contributed by atoms with Gasteiger partial charge in [-0.15, -0.1) is 0 Å². The number of carbonyl (C=O) groups is 3. The molecule has 0 saturated carbocycles. The van der Waals surface area contributed by atoms with Crippen LogP contribution in [0.25, 0.3) is 0 Å². The van der Waals surface area contributed by atoms with Crippen LogP contribution in [0.2, 0.25) is 0 Å². The highest BCUT2D eigenvalue weighted by molar-refractivity contribution is 6.21. The maximum Gasteiger partial charge on any atom is 0.237 e. The Morgan fingerprint density at radius 2 is 1.75 bits per heavy atom. The number of ketones is 1. The first-order chi connectivity index (χ1) is 11.3. The predicted octanol–water partition coefficient (Wildman–Crippen LogP) is 3.77. The third-order valence-electron chi connectivity index (χ3n) is 4.71. The topological polar surface area (TPSA) is 54.5 Å². The van der Waals surface area contributed by atoms with Crippen LogP contribution < -0.4 is 4.90 Å². The molecule has 0 radical (unpaired) electrons. The Bertz CT molecular complexity index is 616. The number of nitrogens with zero attached hydrogens (tertiary/aromatic N) is 1. The fraction of sp³-hybridized carbons (Fsp3) is 0.550. The van der Waals surface area contributed by atoms with Gasteiger partial charge in [-0.25, -0.2) is 0 Å². The largest absolute Gasteiger partial charge is 0.299 e. The first-order valence-electron chi connectivity index (χ1n) is 8.79. The lowest BCUT2D eigenvalue weighted by atomic mass is 9.94. The number of anilines is 1. The van der Waals surface area contributed by atoms with Gasteiger partial charge in [0.15, 0.2) is 0 Å². The smallest absolute Gasteiger partial charge is 0.237 e. The summed E-state index contributed by atoms with van der Waals surface area (Å²) in [5, 5.41) is 0. The summed E-state index contributed by atoms with van der Waals surface area (Å²) in [6, 6.07) is 7.55. The van der Waals surface area contributed by atoms with Crippen LogP contribution in [0.3, 0.4) is 0 Å². The van der Waals surface area contributed by atoms with E-state index >= 15 is 0 Å². The Morgan fingerprint density at radius 1 is 1.12 bits per heavy atom. The van der Waals surface area contributed by atoms with E-state index in [1.807, 2.05) is 52.0 Å². The molecule has 1 aromatic rings. The first-order valence-corrected chi connectivity index (χ1v) is 8.79. The lowest BCUT2D eigenvalue weighted by molar-refractivity contribution is -0.123. The monoisotopic (exact) mass is 329 g/mol. The van der Waals surface area contributed by atoms with Gasteiger partial charge in [-0.3, -0.25) is 19.3 Å². The van der Waals surface area contributed by atoms with Crippen molar-refractivity contribution < 1.29 is 14.4 Å². The van der Waals surface area contributed by atoms with E-state index in [4.69, 9.17) is 0 Å². The Kier molecular flexibility index (Phi) is 5.92. The van der Waals surface area contributed by atoms with E-state index in [0.29, 0.717) is 24.3 Å². The van der Waals surface area contributed by atoms with Crippen molar-refractivity contribution in [1.82, 2.24) is 0 Å². The van der Waals surface area contributed by atoms with Crippen molar-refractivity contribution in [3.63, 3.8) is 0 Å². The molecule has 1 fully saturated rings. The van der Waals surface area contributed by atoms with Gasteiger partial charge in [-0.05, 0) is 36.5 Å². The van der Waals surface area contributed by atoms with Crippen molar-refractivity contribution in [3.8, 4) is 0 Å². The molecular formula is C20H27NO3. The summed E-state index contributed by atoms with van der Waals surface area (Å²) in [5.41, 5.74) is 1.77. The molecule has 1 aliphatic rings. The highest BCUT2D eigenvalue weighted by Gasteiger charge is 2.40. The minimum absolute atomic E-state index is 0.0912. The minimum atomic E-state index is -0.209. The second kappa shape index (κ2) is 7.73. The number of hydrogen-bond acceptors (Lipinski definition) is 3. The Morgan fingerprint density at radius 3 is 2.25 bits per heavy atom. The second-order valence-corrected chi connectivity index (χ2v) is 7.26. The van der Waals surface area contributed by atoms with Gasteiger partial charge in [0.1, 0.15) is 5.78 Å². The average Bonchev–Trinajstić information content (AvgIpc) is 2.83. The maximum absolute atomic E-state index is 12.4. The van der Waals surface area contributed by atoms with Gasteiger partial charge < -0.3 is 0 Å². The van der Waals surface area contributed by atoms with Crippen molar-refractivity contribution in [2.75, 3.05) is 4.90 Å². The van der Waals surface area contributed by atoms with E-state index in [9.17, 15) is 14.4 Å². The van der Waals surface area contributed by atoms with Gasteiger partial charge >= 0.3 is 0 Å². The summed E-state index contributed by atoms with van der Waals surface area (Å²) in [7, 11) is 0. The van der Waals surface area contributed by atoms with Crippen LogP contribution >= 0.6 is 0 Å². The zero-order valence-electron chi connectivity index (χ0n) is 15.0. The highest BCUT2D eigenvalue weighted by atomic mass is 16.2. The van der Waals surface area contributed by atoms with Crippen LogP contribution in [-0.4, -0.2) is 17.6 Å². The zero-order chi connectivity index (χ0) is 17.9. The quantitative estimate of drug-likeness (QED) is 0.716. The van der Waals surface area contributed by atoms with Gasteiger partial charge in [0.2, 0.25) is 11.8 Å². The van der Waals surface area contributed by atoms with Gasteiger partial charge in [0, 0.05) is 18.8 Å². The molecule has 0 aliphatic carbocycles. The Hall–Kier alpha value is -1.97. The van der Waals surface area contributed by atoms with Crippen LogP contribution in [0.4, 0.5) is 5.69 Å². The SMILES string of the molecule is CC(C)C(=O)CCCc1ccc(N2C(=O)CC(C(C)C)C2=O)cc1. The Balaban J connectivity index is 1.98. The van der Waals surface area contributed by atoms with Crippen molar-refractivity contribution >= 4 is 23.3 Å². The molecule has 4 heteroatoms. The van der Waals surface area contributed by atoms with E-state index in [1.54, 1.807) is 0 Å². The molecule has 1 aromatic carbocycles. The fourth-order valence-corrected chi connectivity index (χ4v) is 3.01. The van der Waals surface area contributed by atoms with Crippen molar-refractivity contribution in [1.29, 1.82) is 0 Å². The molecule has 2 rings (SSSR count). The lowest BCUT2D eigenvalue weighted by Gasteiger charge is -2.17. The number of imide groups is 1. The van der Waals surface area contributed by atoms with E-state index < -0.39 is 0 Å². The summed E-state index contributed by atoms with van der Waals surface area (Å²) in [6.07, 6.45) is 2.55. The van der Waals surface area contributed by atoms with Crippen LogP contribution in [0.15, 0.2) is 24.3 Å². The average molecular weight is 329 g/mol. The summed E-state index contributed by atoms with van der Waals surface area (Å²) < 4.78 is 0. The molecule has 130 valence electrons. The number of amides is 2. The number of hydrogen-bond donors (Lipinski definition) is 0. The molecule has 0 N–H and O–H groups in total. The Labute approximate surface area is 144 Å². The molecule has 24 heavy (non-hydrogen) atoms. The van der Waals surface area contributed by atoms with Crippen molar-refractivity contribution in [2.24, 2.45) is 17.8 Å². The maximum atomic E-state index is 12.4. The van der Waals surface area contributed by atoms with Crippen LogP contribution in [0.1, 0.15) is 52.5 Å². The third kappa shape index (κ3) is 4.11. The van der Waals surface area contributed by atoms with Crippen molar-refractivity contribution in [3.05, 3.63) is 29.8 Å². The molecule has 2 amide bonds. The van der Waals surface area contributed by atoms with Crippen LogP contribution in [0, 0.1) is 17.8 Å². The van der Waals surface area contributed by atoms with E-state index in [2.05, 4.69) is 0 Å². The molecule has 1 saturated heterocycles. The minimum Gasteiger partial charge on any atom is -0.299 e. The molecule has 1 aliphatic heterocycles. The third-order valence-corrected chi connectivity index (χ3v) is 4.71. The lowest BCUT2D eigenvalue weighted by Crippen LogP contribution is -2.31. The molecule has 0 aromatic heterocycles. The first kappa shape index (κ1) is 18.4. The summed E-state index contributed by atoms with van der Waals surface area (Å²) in [6.45, 7) is 7.79. The number of rotatable bonds is 7. The standard InChI is InChI=1S/C20H27NO3/c1-13(2)17-12-19(23)21(20(17)24)16-10-8-15(9-11-16)6-5-7-18(22)14(3)4/h8-11,13-14,17H,5-7,12H2,1-4H3. The van der Waals surface area contributed by atoms with Gasteiger partial charge in [-0.2, -0.15) is 0 Å². The van der Waals surface area contributed by atoms with E-state index in [0.717, 1.165) is 18.4 Å². The summed E-state index contributed by atoms with van der Waals surface area (Å²) >= 11 is 0. The molecule has 1 atom stereocenters. The number of benzene rings is 1. The van der Waals surface area contributed by atoms with E-state index in [-0.39, 0.29) is 29.6 Å².